The van der Waals surface area contributed by atoms with E-state index in [4.69, 9.17) is 4.74 Å². The number of hydrogen-bond donors (Lipinski definition) is 2. The second-order valence-corrected chi connectivity index (χ2v) is 5.48. The van der Waals surface area contributed by atoms with Gasteiger partial charge in [0.25, 0.3) is 5.91 Å². The Kier molecular flexibility index (Phi) is 5.01. The van der Waals surface area contributed by atoms with Gasteiger partial charge in [-0.3, -0.25) is 4.79 Å². The number of benzene rings is 1. The molecule has 0 heterocycles. The molecule has 4 heteroatoms. The van der Waals surface area contributed by atoms with E-state index in [2.05, 4.69) is 12.2 Å². The lowest BCUT2D eigenvalue weighted by Gasteiger charge is -2.27. The van der Waals surface area contributed by atoms with Crippen LogP contribution in [0.15, 0.2) is 24.3 Å². The van der Waals surface area contributed by atoms with E-state index < -0.39 is 5.54 Å². The molecule has 1 aliphatic rings. The van der Waals surface area contributed by atoms with E-state index in [1.807, 2.05) is 24.3 Å². The van der Waals surface area contributed by atoms with Gasteiger partial charge in [0.2, 0.25) is 0 Å². The van der Waals surface area contributed by atoms with E-state index in [0.717, 1.165) is 32.1 Å². The summed E-state index contributed by atoms with van der Waals surface area (Å²) in [5, 5.41) is 12.4. The number of rotatable bonds is 6. The monoisotopic (exact) mass is 277 g/mol. The van der Waals surface area contributed by atoms with Crippen LogP contribution in [-0.2, 0) is 11.2 Å². The molecule has 1 aromatic rings. The Bertz CT molecular complexity index is 436. The average molecular weight is 277 g/mol. The predicted molar refractivity (Wildman–Crippen MR) is 77.7 cm³/mol. The van der Waals surface area contributed by atoms with Crippen LogP contribution in [0.4, 0.5) is 0 Å². The van der Waals surface area contributed by atoms with Crippen molar-refractivity contribution in [1.29, 1.82) is 0 Å². The number of nitrogens with one attached hydrogen (secondary N) is 1. The first-order valence-electron chi connectivity index (χ1n) is 7.31. The van der Waals surface area contributed by atoms with Gasteiger partial charge < -0.3 is 15.2 Å². The molecule has 1 amide bonds. The third-order valence-corrected chi connectivity index (χ3v) is 3.97. The van der Waals surface area contributed by atoms with Crippen molar-refractivity contribution in [3.8, 4) is 5.75 Å². The minimum atomic E-state index is -0.424. The van der Waals surface area contributed by atoms with Crippen molar-refractivity contribution in [1.82, 2.24) is 5.32 Å². The number of aliphatic hydroxyl groups is 1. The molecule has 0 radical (unpaired) electrons. The number of aryl methyl sites for hydroxylation is 1. The Morgan fingerprint density at radius 1 is 1.30 bits per heavy atom. The van der Waals surface area contributed by atoms with Gasteiger partial charge in [0, 0.05) is 0 Å². The molecule has 110 valence electrons. The standard InChI is InChI=1S/C16H23NO3/c1-2-13-5-7-14(8-6-13)20-11-15(19)17-16(12-18)9-3-4-10-16/h5-8,18H,2-4,9-12H2,1H3,(H,17,19). The van der Waals surface area contributed by atoms with E-state index in [1.165, 1.54) is 5.56 Å². The van der Waals surface area contributed by atoms with Crippen molar-refractivity contribution in [2.45, 2.75) is 44.6 Å². The fourth-order valence-electron chi connectivity index (χ4n) is 2.68. The lowest BCUT2D eigenvalue weighted by molar-refractivity contribution is -0.125. The van der Waals surface area contributed by atoms with Crippen LogP contribution in [0.3, 0.4) is 0 Å². The highest BCUT2D eigenvalue weighted by molar-refractivity contribution is 5.78. The van der Waals surface area contributed by atoms with Gasteiger partial charge in [0.1, 0.15) is 5.75 Å². The molecule has 2 rings (SSSR count). The largest absolute Gasteiger partial charge is 0.484 e. The molecule has 0 saturated heterocycles. The van der Waals surface area contributed by atoms with E-state index >= 15 is 0 Å². The number of hydrogen-bond acceptors (Lipinski definition) is 3. The first-order chi connectivity index (χ1) is 9.67. The number of aliphatic hydroxyl groups excluding tert-OH is 1. The van der Waals surface area contributed by atoms with Crippen molar-refractivity contribution in [2.75, 3.05) is 13.2 Å². The molecule has 1 aliphatic carbocycles. The summed E-state index contributed by atoms with van der Waals surface area (Å²) in [4.78, 5) is 11.9. The van der Waals surface area contributed by atoms with Gasteiger partial charge in [0.15, 0.2) is 6.61 Å². The topological polar surface area (TPSA) is 58.6 Å². The normalized spacial score (nSPS) is 16.9. The maximum absolute atomic E-state index is 11.9. The molecule has 0 spiro atoms. The molecule has 1 fully saturated rings. The van der Waals surface area contributed by atoms with E-state index in [0.29, 0.717) is 5.75 Å². The number of amides is 1. The van der Waals surface area contributed by atoms with Crippen molar-refractivity contribution in [3.05, 3.63) is 29.8 Å². The first-order valence-corrected chi connectivity index (χ1v) is 7.31. The third kappa shape index (κ3) is 3.73. The molecule has 4 nitrogen and oxygen atoms in total. The van der Waals surface area contributed by atoms with Gasteiger partial charge >= 0.3 is 0 Å². The fraction of sp³-hybridized carbons (Fsp3) is 0.562. The van der Waals surface area contributed by atoms with Crippen LogP contribution in [0.1, 0.15) is 38.2 Å². The van der Waals surface area contributed by atoms with Crippen molar-refractivity contribution in [3.63, 3.8) is 0 Å². The minimum Gasteiger partial charge on any atom is -0.484 e. The number of carbonyl (C=O) groups is 1. The predicted octanol–water partition coefficient (Wildman–Crippen LogP) is 2.05. The summed E-state index contributed by atoms with van der Waals surface area (Å²) < 4.78 is 5.47. The van der Waals surface area contributed by atoms with Crippen molar-refractivity contribution >= 4 is 5.91 Å². The maximum atomic E-state index is 11.9. The molecular formula is C16H23NO3. The summed E-state index contributed by atoms with van der Waals surface area (Å²) >= 11 is 0. The third-order valence-electron chi connectivity index (χ3n) is 3.97. The second kappa shape index (κ2) is 6.75. The molecule has 0 aromatic heterocycles. The Labute approximate surface area is 120 Å². The molecule has 0 atom stereocenters. The second-order valence-electron chi connectivity index (χ2n) is 5.48. The summed E-state index contributed by atoms with van der Waals surface area (Å²) in [6.45, 7) is 2.09. The summed E-state index contributed by atoms with van der Waals surface area (Å²) in [6, 6.07) is 7.76. The zero-order chi connectivity index (χ0) is 14.4. The summed E-state index contributed by atoms with van der Waals surface area (Å²) in [7, 11) is 0. The Morgan fingerprint density at radius 2 is 1.95 bits per heavy atom. The van der Waals surface area contributed by atoms with Crippen LogP contribution in [0, 0.1) is 0 Å². The Hall–Kier alpha value is -1.55. The fourth-order valence-corrected chi connectivity index (χ4v) is 2.68. The van der Waals surface area contributed by atoms with Crippen molar-refractivity contribution in [2.24, 2.45) is 0 Å². The molecule has 0 aliphatic heterocycles. The molecule has 0 bridgehead atoms. The van der Waals surface area contributed by atoms with Crippen LogP contribution in [0.2, 0.25) is 0 Å². The molecule has 20 heavy (non-hydrogen) atoms. The average Bonchev–Trinajstić information content (AvgIpc) is 2.95. The Morgan fingerprint density at radius 3 is 2.50 bits per heavy atom. The lowest BCUT2D eigenvalue weighted by atomic mass is 9.99. The van der Waals surface area contributed by atoms with Crippen LogP contribution in [0.25, 0.3) is 0 Å². The Balaban J connectivity index is 1.82. The molecule has 2 N–H and O–H groups in total. The van der Waals surface area contributed by atoms with Gasteiger partial charge in [0.05, 0.1) is 12.1 Å². The number of carbonyl (C=O) groups excluding carboxylic acids is 1. The highest BCUT2D eigenvalue weighted by Gasteiger charge is 2.34. The van der Waals surface area contributed by atoms with Gasteiger partial charge in [-0.15, -0.1) is 0 Å². The summed E-state index contributed by atoms with van der Waals surface area (Å²) in [5.74, 6) is 0.530. The van der Waals surface area contributed by atoms with Crippen LogP contribution >= 0.6 is 0 Å². The van der Waals surface area contributed by atoms with Crippen LogP contribution < -0.4 is 10.1 Å². The first kappa shape index (κ1) is 14.9. The smallest absolute Gasteiger partial charge is 0.258 e. The van der Waals surface area contributed by atoms with E-state index in [9.17, 15) is 9.90 Å². The van der Waals surface area contributed by atoms with E-state index in [-0.39, 0.29) is 19.1 Å². The van der Waals surface area contributed by atoms with Gasteiger partial charge in [-0.2, -0.15) is 0 Å². The maximum Gasteiger partial charge on any atom is 0.258 e. The van der Waals surface area contributed by atoms with Gasteiger partial charge in [-0.25, -0.2) is 0 Å². The minimum absolute atomic E-state index is 0.00391. The SMILES string of the molecule is CCc1ccc(OCC(=O)NC2(CO)CCCC2)cc1. The lowest BCUT2D eigenvalue weighted by Crippen LogP contribution is -2.50. The number of ether oxygens (including phenoxy) is 1. The van der Waals surface area contributed by atoms with Crippen LogP contribution in [-0.4, -0.2) is 29.8 Å². The molecule has 1 saturated carbocycles. The van der Waals surface area contributed by atoms with Gasteiger partial charge in [-0.1, -0.05) is 31.9 Å². The van der Waals surface area contributed by atoms with Crippen molar-refractivity contribution < 1.29 is 14.6 Å². The van der Waals surface area contributed by atoms with E-state index in [1.54, 1.807) is 0 Å². The van der Waals surface area contributed by atoms with Crippen LogP contribution in [0.5, 0.6) is 5.75 Å². The molecular weight excluding hydrogens is 254 g/mol. The summed E-state index contributed by atoms with van der Waals surface area (Å²) in [5.41, 5.74) is 0.818. The molecule has 1 aromatic carbocycles. The zero-order valence-electron chi connectivity index (χ0n) is 12.0. The zero-order valence-corrected chi connectivity index (χ0v) is 12.0. The highest BCUT2D eigenvalue weighted by Crippen LogP contribution is 2.28. The highest BCUT2D eigenvalue weighted by atomic mass is 16.5. The summed E-state index contributed by atoms with van der Waals surface area (Å²) in [6.07, 6.45) is 4.79. The molecule has 0 unspecified atom stereocenters. The van der Waals surface area contributed by atoms with Gasteiger partial charge in [-0.05, 0) is 37.0 Å². The quantitative estimate of drug-likeness (QED) is 0.836.